The Labute approximate surface area is 86.5 Å². The molecule has 0 saturated heterocycles. The summed E-state index contributed by atoms with van der Waals surface area (Å²) in [5, 5.41) is 7.66. The van der Waals surface area contributed by atoms with Crippen LogP contribution in [0.25, 0.3) is 10.6 Å². The van der Waals surface area contributed by atoms with Crippen LogP contribution in [0.15, 0.2) is 0 Å². The van der Waals surface area contributed by atoms with Crippen LogP contribution in [0.5, 0.6) is 0 Å². The van der Waals surface area contributed by atoms with Crippen molar-refractivity contribution in [3.63, 3.8) is 0 Å². The summed E-state index contributed by atoms with van der Waals surface area (Å²) in [6, 6.07) is 0. The molecule has 0 bridgehead atoms. The van der Waals surface area contributed by atoms with Gasteiger partial charge in [-0.1, -0.05) is 0 Å². The SMILES string of the molecule is C[N-]CC[N-]C.[I][Pt+2][I]. The van der Waals surface area contributed by atoms with Crippen LogP contribution < -0.4 is 0 Å². The van der Waals surface area contributed by atoms with E-state index in [1.54, 1.807) is 14.1 Å². The predicted molar refractivity (Wildman–Crippen MR) is 56.3 cm³/mol. The van der Waals surface area contributed by atoms with Crippen molar-refractivity contribution in [3.8, 4) is 0 Å². The maximum atomic E-state index is 3.83. The molecule has 0 aromatic heterocycles. The second-order valence-electron chi connectivity index (χ2n) is 1.12. The molecule has 0 aliphatic heterocycles. The first-order chi connectivity index (χ1) is 4.33. The van der Waals surface area contributed by atoms with Crippen LogP contribution in [-0.2, 0) is 11.2 Å². The molecule has 0 unspecified atom stereocenters. The van der Waals surface area contributed by atoms with E-state index < -0.39 is 0 Å². The van der Waals surface area contributed by atoms with Gasteiger partial charge < -0.3 is 10.6 Å². The Morgan fingerprint density at radius 3 is 1.44 bits per heavy atom. The quantitative estimate of drug-likeness (QED) is 0.394. The molecule has 0 heterocycles. The molecule has 0 N–H and O–H groups in total. The minimum absolute atomic E-state index is 0.523. The molecular weight excluding hydrogens is 525 g/mol. The van der Waals surface area contributed by atoms with Crippen LogP contribution in [0.3, 0.4) is 0 Å². The standard InChI is InChI=1S/C4H10N2.2HI.Pt/c1-5-3-4-6-2;;;/h3-4H2,1-2H3;2*1H;/q-2;;;+4/p-2. The van der Waals surface area contributed by atoms with Crippen molar-refractivity contribution < 1.29 is 11.2 Å². The molecule has 0 aromatic rings. The Morgan fingerprint density at radius 2 is 1.33 bits per heavy atom. The van der Waals surface area contributed by atoms with Crippen molar-refractivity contribution in [2.75, 3.05) is 27.2 Å². The third-order valence-electron chi connectivity index (χ3n) is 0.547. The van der Waals surface area contributed by atoms with Gasteiger partial charge in [0.2, 0.25) is 0 Å². The van der Waals surface area contributed by atoms with Crippen LogP contribution in [0.1, 0.15) is 0 Å². The summed E-state index contributed by atoms with van der Waals surface area (Å²) in [4.78, 5) is 0. The first-order valence-electron chi connectivity index (χ1n) is 2.27. The van der Waals surface area contributed by atoms with Crippen LogP contribution in [0.2, 0.25) is 0 Å². The van der Waals surface area contributed by atoms with Crippen LogP contribution >= 0.6 is 38.7 Å². The zero-order chi connectivity index (χ0) is 7.54. The molecule has 0 aliphatic carbocycles. The molecule has 0 fully saturated rings. The number of hydrogen-bond donors (Lipinski definition) is 0. The number of halogens is 2. The van der Waals surface area contributed by atoms with Gasteiger partial charge in [0.15, 0.2) is 0 Å². The fourth-order valence-electron chi connectivity index (χ4n) is 0.200. The van der Waals surface area contributed by atoms with E-state index in [0.717, 1.165) is 13.1 Å². The summed E-state index contributed by atoms with van der Waals surface area (Å²) < 4.78 is 0. The van der Waals surface area contributed by atoms with Gasteiger partial charge in [0, 0.05) is 0 Å². The van der Waals surface area contributed by atoms with Crippen LogP contribution in [0.4, 0.5) is 0 Å². The molecule has 0 radical (unpaired) electrons. The molecule has 2 nitrogen and oxygen atoms in total. The normalized spacial score (nSPS) is 8.44. The van der Waals surface area contributed by atoms with E-state index >= 15 is 0 Å². The van der Waals surface area contributed by atoms with Gasteiger partial charge in [0.1, 0.15) is 0 Å². The second-order valence-corrected chi connectivity index (χ2v) is 17.7. The molecule has 0 atom stereocenters. The van der Waals surface area contributed by atoms with Gasteiger partial charge >= 0.3 is 49.9 Å². The molecular formula is C4H10I2N2Pt. The van der Waals surface area contributed by atoms with Gasteiger partial charge in [0.25, 0.3) is 0 Å². The molecule has 5 heteroatoms. The number of rotatable bonds is 3. The zero-order valence-electron chi connectivity index (χ0n) is 5.38. The van der Waals surface area contributed by atoms with Gasteiger partial charge in [-0.25, -0.2) is 0 Å². The Balaban J connectivity index is 0. The Morgan fingerprint density at radius 1 is 1.11 bits per heavy atom. The zero-order valence-corrected chi connectivity index (χ0v) is 12.0. The van der Waals surface area contributed by atoms with Crippen molar-refractivity contribution in [1.29, 1.82) is 0 Å². The molecule has 0 aliphatic rings. The average Bonchev–Trinajstić information content (AvgIpc) is 1.86. The molecule has 60 valence electrons. The summed E-state index contributed by atoms with van der Waals surface area (Å²) >= 11 is 5.30. The summed E-state index contributed by atoms with van der Waals surface area (Å²) in [5.41, 5.74) is 0. The summed E-state index contributed by atoms with van der Waals surface area (Å²) in [5.74, 6) is 0. The first kappa shape index (κ1) is 13.6. The van der Waals surface area contributed by atoms with Gasteiger partial charge in [-0.15, -0.1) is 0 Å². The number of likely N-dealkylation sites (N-methyl/N-ethyl adjacent to an activating group) is 2. The van der Waals surface area contributed by atoms with Gasteiger partial charge in [-0.3, -0.25) is 0 Å². The molecule has 0 saturated carbocycles. The third-order valence-corrected chi connectivity index (χ3v) is 0.547. The van der Waals surface area contributed by atoms with Gasteiger partial charge in [-0.05, 0) is 0 Å². The van der Waals surface area contributed by atoms with E-state index in [1.807, 2.05) is 0 Å². The van der Waals surface area contributed by atoms with Crippen LogP contribution in [-0.4, -0.2) is 27.2 Å². The Hall–Kier alpha value is 2.07. The van der Waals surface area contributed by atoms with E-state index in [4.69, 9.17) is 0 Å². The van der Waals surface area contributed by atoms with E-state index in [-0.39, 0.29) is 0 Å². The van der Waals surface area contributed by atoms with Gasteiger partial charge in [-0.2, -0.15) is 27.2 Å². The van der Waals surface area contributed by atoms with E-state index in [0.29, 0.717) is 11.2 Å². The molecule has 0 spiro atoms. The van der Waals surface area contributed by atoms with Crippen LogP contribution in [0, 0.1) is 0 Å². The van der Waals surface area contributed by atoms with E-state index in [9.17, 15) is 0 Å². The van der Waals surface area contributed by atoms with E-state index in [1.165, 1.54) is 0 Å². The van der Waals surface area contributed by atoms with Crippen molar-refractivity contribution in [2.45, 2.75) is 0 Å². The average molecular weight is 535 g/mol. The van der Waals surface area contributed by atoms with Crippen molar-refractivity contribution in [3.05, 3.63) is 10.6 Å². The van der Waals surface area contributed by atoms with Gasteiger partial charge in [0.05, 0.1) is 0 Å². The Bertz CT molecular complexity index is 35.7. The summed E-state index contributed by atoms with van der Waals surface area (Å²) in [7, 11) is 3.59. The second kappa shape index (κ2) is 16.6. The summed E-state index contributed by atoms with van der Waals surface area (Å²) in [6.07, 6.45) is 0. The van der Waals surface area contributed by atoms with Crippen molar-refractivity contribution >= 4 is 38.7 Å². The van der Waals surface area contributed by atoms with Crippen molar-refractivity contribution in [1.82, 2.24) is 0 Å². The van der Waals surface area contributed by atoms with E-state index in [2.05, 4.69) is 49.3 Å². The molecule has 0 aromatic carbocycles. The minimum atomic E-state index is 0.523. The fourth-order valence-corrected chi connectivity index (χ4v) is 0.200. The number of nitrogens with zero attached hydrogens (tertiary/aromatic N) is 2. The number of hydrogen-bond acceptors (Lipinski definition) is 0. The fraction of sp³-hybridized carbons (Fsp3) is 1.00. The van der Waals surface area contributed by atoms with Crippen molar-refractivity contribution in [2.24, 2.45) is 0 Å². The molecule has 0 amide bonds. The molecule has 0 rings (SSSR count). The third kappa shape index (κ3) is 25.5. The summed E-state index contributed by atoms with van der Waals surface area (Å²) in [6.45, 7) is 1.74. The topological polar surface area (TPSA) is 28.2 Å². The maximum absolute atomic E-state index is 3.83. The monoisotopic (exact) mass is 535 g/mol. The Kier molecular flexibility index (Phi) is 25.1. The molecule has 9 heavy (non-hydrogen) atoms. The first-order valence-corrected chi connectivity index (χ1v) is 15.2. The predicted octanol–water partition coefficient (Wildman–Crippen LogP) is 2.76.